The molecule has 0 saturated heterocycles. The van der Waals surface area contributed by atoms with Gasteiger partial charge in [0.05, 0.1) is 31.0 Å². The van der Waals surface area contributed by atoms with E-state index in [-0.39, 0.29) is 49.1 Å². The van der Waals surface area contributed by atoms with Crippen molar-refractivity contribution in [2.24, 2.45) is 5.73 Å². The first kappa shape index (κ1) is 59.7. The summed E-state index contributed by atoms with van der Waals surface area (Å²) in [5, 5.41) is 20.7. The summed E-state index contributed by atoms with van der Waals surface area (Å²) < 4.78 is 58.0. The van der Waals surface area contributed by atoms with Crippen molar-refractivity contribution in [3.05, 3.63) is 116 Å². The van der Waals surface area contributed by atoms with Gasteiger partial charge in [-0.05, 0) is 125 Å². The summed E-state index contributed by atoms with van der Waals surface area (Å²) in [6.45, 7) is 10.0. The van der Waals surface area contributed by atoms with Crippen LogP contribution >= 0.6 is 46.4 Å². The lowest BCUT2D eigenvalue weighted by Gasteiger charge is -2.19. The van der Waals surface area contributed by atoms with E-state index in [1.54, 1.807) is 62.4 Å². The molecule has 6 aromatic rings. The molecule has 2 aromatic carbocycles. The largest absolute Gasteiger partial charge is 0.482 e. The molecule has 0 spiro atoms. The molecule has 2 unspecified atom stereocenters. The van der Waals surface area contributed by atoms with Gasteiger partial charge in [-0.2, -0.15) is 10.2 Å². The molecule has 24 heteroatoms. The number of pyridine rings is 2. The van der Waals surface area contributed by atoms with Gasteiger partial charge in [0.2, 0.25) is 5.91 Å². The lowest BCUT2D eigenvalue weighted by Crippen LogP contribution is -2.33. The lowest BCUT2D eigenvalue weighted by atomic mass is 10.1. The number of nitrogen functional groups attached to an aromatic ring is 2. The molecule has 4 heterocycles. The monoisotopic (exact) mass is 1100 g/mol. The first-order chi connectivity index (χ1) is 34.9. The molecule has 4 atom stereocenters. The third-order valence-electron chi connectivity index (χ3n) is 10.6. The average molecular weight is 1100 g/mol. The van der Waals surface area contributed by atoms with Crippen LogP contribution in [0.1, 0.15) is 77.3 Å². The Balaban J connectivity index is 0.000000334. The second-order valence-corrected chi connectivity index (χ2v) is 18.3. The highest BCUT2D eigenvalue weighted by Gasteiger charge is 2.23. The van der Waals surface area contributed by atoms with E-state index in [0.717, 1.165) is 38.0 Å². The van der Waals surface area contributed by atoms with Crippen LogP contribution in [0, 0.1) is 11.6 Å². The van der Waals surface area contributed by atoms with Gasteiger partial charge in [-0.15, -0.1) is 0 Å². The normalized spacial score (nSPS) is 12.7. The van der Waals surface area contributed by atoms with E-state index in [1.807, 2.05) is 14.1 Å². The number of benzene rings is 2. The molecule has 1 amide bonds. The Morgan fingerprint density at radius 2 is 1.14 bits per heavy atom. The molecule has 0 bridgehead atoms. The molecule has 0 fully saturated rings. The maximum atomic E-state index is 13.9. The Hall–Kier alpha value is -5.87. The quantitative estimate of drug-likeness (QED) is 0.0376. The second-order valence-electron chi connectivity index (χ2n) is 16.8. The smallest absolute Gasteiger partial charge is 0.328 e. The van der Waals surface area contributed by atoms with Gasteiger partial charge >= 0.3 is 5.97 Å². The van der Waals surface area contributed by atoms with Crippen molar-refractivity contribution >= 4 is 69.9 Å². The molecule has 0 saturated carbocycles. The van der Waals surface area contributed by atoms with Crippen molar-refractivity contribution in [2.45, 2.75) is 64.8 Å². The average Bonchev–Trinajstić information content (AvgIpc) is 4.06. The van der Waals surface area contributed by atoms with Crippen LogP contribution in [0.4, 0.5) is 24.8 Å². The topological polar surface area (TPSA) is 231 Å². The van der Waals surface area contributed by atoms with E-state index < -0.39 is 49.0 Å². The summed E-state index contributed by atoms with van der Waals surface area (Å²) in [6.07, 6.45) is 10.2. The zero-order chi connectivity index (χ0) is 55.4. The number of carboxylic acids is 1. The van der Waals surface area contributed by atoms with E-state index in [0.29, 0.717) is 34.4 Å². The SMILES string of the molecule is CC(Oc1cc(-c2cnn([C@H](C)C(=O)NCCCN(C)C)c2)cnc1N)c1c(Cl)ccc(F)c1Cl.CC(Oc1cc(-c2cnn([C@H](C)C(=O)O)c2)cnc1N)c1c(Cl)ccc(F)c1Cl.CN(C)CCCN.[2H]CF. The van der Waals surface area contributed by atoms with Crippen molar-refractivity contribution in [1.82, 2.24) is 44.6 Å². The zero-order valence-electron chi connectivity index (χ0n) is 42.7. The number of nitrogens with one attached hydrogen (secondary N) is 1. The van der Waals surface area contributed by atoms with Gasteiger partial charge in [0.1, 0.15) is 35.9 Å². The van der Waals surface area contributed by atoms with Crippen LogP contribution in [0.25, 0.3) is 22.3 Å². The fraction of sp³-hybridized carbons (Fsp3) is 0.388. The fourth-order valence-corrected chi connectivity index (χ4v) is 7.89. The number of nitrogens with two attached hydrogens (primary N) is 3. The molecule has 4 aromatic heterocycles. The zero-order valence-corrected chi connectivity index (χ0v) is 44.7. The minimum Gasteiger partial charge on any atom is -0.482 e. The van der Waals surface area contributed by atoms with Crippen LogP contribution in [-0.2, 0) is 9.59 Å². The number of aliphatic carboxylic acids is 1. The number of alkyl halides is 1. The van der Waals surface area contributed by atoms with Crippen LogP contribution in [-0.4, -0.2) is 118 Å². The maximum Gasteiger partial charge on any atom is 0.328 e. The van der Waals surface area contributed by atoms with Crippen LogP contribution in [0.15, 0.2) is 73.6 Å². The minimum atomic E-state index is -1.00. The number of aromatic nitrogens is 6. The fourth-order valence-electron chi connectivity index (χ4n) is 6.54. The van der Waals surface area contributed by atoms with Gasteiger partial charge in [0, 0.05) is 74.8 Å². The van der Waals surface area contributed by atoms with Gasteiger partial charge in [-0.25, -0.2) is 23.5 Å². The van der Waals surface area contributed by atoms with Gasteiger partial charge in [0.15, 0.2) is 23.1 Å². The summed E-state index contributed by atoms with van der Waals surface area (Å²) in [5.74, 6) is -1.52. The van der Waals surface area contributed by atoms with Crippen LogP contribution in [0.5, 0.6) is 11.5 Å². The summed E-state index contributed by atoms with van der Waals surface area (Å²) in [4.78, 5) is 36.1. The molecular formula is C49H63Cl4F3N12O5. The van der Waals surface area contributed by atoms with Gasteiger partial charge in [0.25, 0.3) is 0 Å². The number of carbonyl (C=O) groups is 2. The first-order valence-electron chi connectivity index (χ1n) is 23.2. The van der Waals surface area contributed by atoms with E-state index in [9.17, 15) is 22.8 Å². The third kappa shape index (κ3) is 17.9. The number of carboxylic acid groups (broad SMARTS) is 1. The number of anilines is 2. The second kappa shape index (κ2) is 29.7. The molecule has 8 N–H and O–H groups in total. The highest BCUT2D eigenvalue weighted by Crippen LogP contribution is 2.39. The summed E-state index contributed by atoms with van der Waals surface area (Å²) >= 11 is 24.5. The van der Waals surface area contributed by atoms with Crippen molar-refractivity contribution in [2.75, 3.05) is 73.0 Å². The number of rotatable bonds is 19. The van der Waals surface area contributed by atoms with Crippen LogP contribution in [0.3, 0.4) is 0 Å². The number of halogens is 7. The summed E-state index contributed by atoms with van der Waals surface area (Å²) in [7, 11) is 7.08. The minimum absolute atomic E-state index is 0.108. The molecule has 398 valence electrons. The molecule has 0 aliphatic heterocycles. The van der Waals surface area contributed by atoms with Crippen LogP contribution in [0.2, 0.25) is 20.1 Å². The van der Waals surface area contributed by atoms with Crippen LogP contribution < -0.4 is 32.0 Å². The van der Waals surface area contributed by atoms with Gasteiger partial charge in [-0.1, -0.05) is 46.4 Å². The van der Waals surface area contributed by atoms with Crippen molar-refractivity contribution in [1.29, 1.82) is 0 Å². The Morgan fingerprint density at radius 3 is 1.52 bits per heavy atom. The van der Waals surface area contributed by atoms with E-state index in [2.05, 4.69) is 49.4 Å². The third-order valence-corrected chi connectivity index (χ3v) is 12.1. The number of hydrogen-bond acceptors (Lipinski definition) is 13. The van der Waals surface area contributed by atoms with Crippen molar-refractivity contribution in [3.8, 4) is 33.8 Å². The Morgan fingerprint density at radius 1 is 0.726 bits per heavy atom. The predicted molar refractivity (Wildman–Crippen MR) is 283 cm³/mol. The van der Waals surface area contributed by atoms with Gasteiger partial charge in [-0.3, -0.25) is 18.5 Å². The molecule has 0 radical (unpaired) electrons. The molecule has 17 nitrogen and oxygen atoms in total. The number of hydrogen-bond donors (Lipinski definition) is 5. The molecule has 0 aliphatic rings. The molecule has 6 rings (SSSR count). The number of carbonyl (C=O) groups excluding carboxylic acids is 1. The van der Waals surface area contributed by atoms with Gasteiger partial charge < -0.3 is 46.9 Å². The number of nitrogens with zero attached hydrogens (tertiary/aromatic N) is 8. The predicted octanol–water partition coefficient (Wildman–Crippen LogP) is 9.98. The van der Waals surface area contributed by atoms with Crippen molar-refractivity contribution in [3.63, 3.8) is 0 Å². The standard InChI is InChI=1S/C24H29Cl2FN6O2.C19H17Cl2FN4O3.C5H14N2.CH3F/c1-14(24(34)29-8-5-9-32(3)4)33-13-17(12-31-33)16-10-20(23(28)30-11-16)35-15(2)21-18(25)6-7-19(27)22(21)26;1-9(19(27)28)26-8-12(7-25-26)11-5-15(18(23)24-6-11)29-10(2)16-13(20)3-4-14(22)17(16)21;1-7(2)5-3-4-6;1-2/h6-7,10-15H,5,8-9H2,1-4H3,(H2,28,30)(H,29,34);3-10H,1-2H3,(H2,23,24)(H,27,28);3-6H2,1-2H3;1H3/t14-,15?;9-,10?;;/m11../s1/i;;;1D. The lowest BCUT2D eigenvalue weighted by molar-refractivity contribution is -0.140. The van der Waals surface area contributed by atoms with E-state index in [4.69, 9.17) is 79.6 Å². The number of amides is 1. The Kier molecular flexibility index (Phi) is 24.3. The highest BCUT2D eigenvalue weighted by molar-refractivity contribution is 6.36. The molecular weight excluding hydrogens is 1040 g/mol. The first-order valence-corrected chi connectivity index (χ1v) is 24.0. The summed E-state index contributed by atoms with van der Waals surface area (Å²) in [6, 6.07) is 7.21. The Labute approximate surface area is 445 Å². The summed E-state index contributed by atoms with van der Waals surface area (Å²) in [5.41, 5.74) is 20.4. The maximum absolute atomic E-state index is 13.9. The van der Waals surface area contributed by atoms with E-state index >= 15 is 0 Å². The van der Waals surface area contributed by atoms with Crippen molar-refractivity contribution < 1.29 is 38.7 Å². The number of ether oxygens (including phenoxy) is 2. The highest BCUT2D eigenvalue weighted by atomic mass is 35.5. The van der Waals surface area contributed by atoms with E-state index in [1.165, 1.54) is 48.3 Å². The Bertz CT molecular complexity index is 2760. The molecule has 0 aliphatic carbocycles. The molecule has 73 heavy (non-hydrogen) atoms.